The molecule has 3 aliphatic rings. The number of ether oxygens (including phenoxy) is 1. The minimum atomic E-state index is -0.604. The maximum absolute atomic E-state index is 13.2. The second-order valence-corrected chi connectivity index (χ2v) is 9.45. The minimum Gasteiger partial charge on any atom is -0.496 e. The van der Waals surface area contributed by atoms with Gasteiger partial charge in [-0.2, -0.15) is 5.26 Å². The van der Waals surface area contributed by atoms with Crippen molar-refractivity contribution < 1.29 is 19.1 Å². The maximum Gasteiger partial charge on any atom is 0.248 e. The second-order valence-electron chi connectivity index (χ2n) is 9.45. The molecule has 0 bridgehead atoms. The maximum atomic E-state index is 13.2. The molecule has 174 valence electrons. The number of methoxy groups -OCH3 is 1. The summed E-state index contributed by atoms with van der Waals surface area (Å²) in [4.78, 5) is 38.3. The van der Waals surface area contributed by atoms with E-state index in [-0.39, 0.29) is 29.9 Å². The van der Waals surface area contributed by atoms with E-state index < -0.39 is 12.0 Å². The van der Waals surface area contributed by atoms with Crippen LogP contribution < -0.4 is 15.4 Å². The molecule has 2 fully saturated rings. The number of nitriles is 1. The van der Waals surface area contributed by atoms with Gasteiger partial charge in [0.15, 0.2) is 5.78 Å². The van der Waals surface area contributed by atoms with Crippen molar-refractivity contribution in [1.29, 1.82) is 5.26 Å². The number of piperidine rings is 1. The third-order valence-corrected chi connectivity index (χ3v) is 6.93. The van der Waals surface area contributed by atoms with Crippen molar-refractivity contribution in [2.75, 3.05) is 13.7 Å². The fourth-order valence-corrected chi connectivity index (χ4v) is 4.84. The van der Waals surface area contributed by atoms with Crippen LogP contribution >= 0.6 is 0 Å². The van der Waals surface area contributed by atoms with Crippen LogP contribution in [0.5, 0.6) is 5.75 Å². The summed E-state index contributed by atoms with van der Waals surface area (Å²) < 4.78 is 5.40. The van der Waals surface area contributed by atoms with Crippen LogP contribution in [-0.4, -0.2) is 37.3 Å². The predicted molar refractivity (Wildman–Crippen MR) is 123 cm³/mol. The van der Waals surface area contributed by atoms with Gasteiger partial charge in [-0.15, -0.1) is 0 Å². The number of fused-ring (bicyclic) bond motifs is 1. The number of carbonyl (C=O) groups is 3. The number of nitrogens with zero attached hydrogens (tertiary/aromatic N) is 1. The lowest BCUT2D eigenvalue weighted by atomic mass is 9.85. The highest BCUT2D eigenvalue weighted by Gasteiger charge is 2.34. The summed E-state index contributed by atoms with van der Waals surface area (Å²) in [6.07, 6.45) is 7.16. The lowest BCUT2D eigenvalue weighted by molar-refractivity contribution is -0.128. The van der Waals surface area contributed by atoms with Gasteiger partial charge >= 0.3 is 0 Å². The van der Waals surface area contributed by atoms with Crippen LogP contribution in [0.3, 0.4) is 0 Å². The van der Waals surface area contributed by atoms with Crippen LogP contribution in [0.15, 0.2) is 23.8 Å². The molecule has 4 rings (SSSR count). The zero-order valence-corrected chi connectivity index (χ0v) is 19.1. The van der Waals surface area contributed by atoms with E-state index in [0.29, 0.717) is 37.3 Å². The van der Waals surface area contributed by atoms with Crippen molar-refractivity contribution >= 4 is 23.7 Å². The topological polar surface area (TPSA) is 108 Å². The predicted octanol–water partition coefficient (Wildman–Crippen LogP) is 2.93. The third-order valence-electron chi connectivity index (χ3n) is 6.93. The number of hydrogen-bond acceptors (Lipinski definition) is 5. The standard InChI is InChI=1S/C26H31N3O4/c1-33-24-6-2-4-18-13-20(14-21(18)24)26(32)29-22(11-16-7-8-16)23(30)12-17(15-27)10-19-5-3-9-28-25(19)31/h2,4,6,14,16-17,19,22H,3,5,7-13H2,1H3,(H,28,31)(H,29,32)/t17-,19-,22-/m0/s1. The minimum absolute atomic E-state index is 0.0278. The van der Waals surface area contributed by atoms with E-state index in [4.69, 9.17) is 4.74 Å². The molecule has 7 heteroatoms. The Balaban J connectivity index is 1.40. The Morgan fingerprint density at radius 1 is 1.27 bits per heavy atom. The first-order valence-corrected chi connectivity index (χ1v) is 11.9. The summed E-state index contributed by atoms with van der Waals surface area (Å²) in [6, 6.07) is 7.36. The largest absolute Gasteiger partial charge is 0.496 e. The van der Waals surface area contributed by atoms with Crippen LogP contribution in [0.1, 0.15) is 56.1 Å². The van der Waals surface area contributed by atoms with Crippen LogP contribution in [0.2, 0.25) is 0 Å². The second kappa shape index (κ2) is 10.2. The van der Waals surface area contributed by atoms with Crippen molar-refractivity contribution in [2.45, 2.75) is 57.4 Å². The SMILES string of the molecule is COc1cccc2c1C=C(C(=O)N[C@@H](CC1CC1)C(=O)C[C@@H](C#N)C[C@@H]1CCCNC1=O)C2. The Bertz CT molecular complexity index is 1010. The summed E-state index contributed by atoms with van der Waals surface area (Å²) in [7, 11) is 1.61. The molecule has 1 saturated heterocycles. The third kappa shape index (κ3) is 5.62. The molecule has 0 radical (unpaired) electrons. The molecule has 1 aromatic rings. The Labute approximate surface area is 194 Å². The summed E-state index contributed by atoms with van der Waals surface area (Å²) in [6.45, 7) is 0.673. The molecule has 2 aliphatic carbocycles. The average Bonchev–Trinajstić information content (AvgIpc) is 3.53. The molecular weight excluding hydrogens is 418 g/mol. The van der Waals surface area contributed by atoms with Gasteiger partial charge in [0.25, 0.3) is 0 Å². The highest BCUT2D eigenvalue weighted by molar-refractivity contribution is 6.03. The number of rotatable bonds is 10. The molecule has 2 amide bonds. The average molecular weight is 450 g/mol. The Morgan fingerprint density at radius 2 is 2.09 bits per heavy atom. The Kier molecular flexibility index (Phi) is 7.12. The highest BCUT2D eigenvalue weighted by atomic mass is 16.5. The number of amides is 2. The van der Waals surface area contributed by atoms with Gasteiger partial charge in [0.05, 0.1) is 25.1 Å². The molecule has 1 aromatic carbocycles. The molecule has 1 saturated carbocycles. The fraction of sp³-hybridized carbons (Fsp3) is 0.538. The van der Waals surface area contributed by atoms with Crippen LogP contribution in [0, 0.1) is 29.1 Å². The van der Waals surface area contributed by atoms with Gasteiger partial charge < -0.3 is 15.4 Å². The monoisotopic (exact) mass is 449 g/mol. The van der Waals surface area contributed by atoms with Gasteiger partial charge in [0.1, 0.15) is 5.75 Å². The number of benzene rings is 1. The van der Waals surface area contributed by atoms with Crippen molar-refractivity contribution in [2.24, 2.45) is 17.8 Å². The molecule has 1 heterocycles. The van der Waals surface area contributed by atoms with E-state index in [2.05, 4.69) is 16.7 Å². The van der Waals surface area contributed by atoms with Crippen molar-refractivity contribution in [3.8, 4) is 11.8 Å². The zero-order valence-electron chi connectivity index (χ0n) is 19.1. The number of Topliss-reactive ketones (excluding diaryl/α,β-unsaturated/α-hetero) is 1. The molecule has 1 aliphatic heterocycles. The van der Waals surface area contributed by atoms with Gasteiger partial charge in [-0.1, -0.05) is 25.0 Å². The summed E-state index contributed by atoms with van der Waals surface area (Å²) in [5.74, 6) is 0.0383. The van der Waals surface area contributed by atoms with E-state index in [9.17, 15) is 19.6 Å². The Hall–Kier alpha value is -3.14. The smallest absolute Gasteiger partial charge is 0.248 e. The first-order chi connectivity index (χ1) is 16.0. The van der Waals surface area contributed by atoms with Crippen molar-refractivity contribution in [1.82, 2.24) is 10.6 Å². The van der Waals surface area contributed by atoms with E-state index in [1.165, 1.54) is 0 Å². The van der Waals surface area contributed by atoms with Crippen LogP contribution in [0.25, 0.3) is 6.08 Å². The van der Waals surface area contributed by atoms with Gasteiger partial charge in [-0.25, -0.2) is 0 Å². The molecule has 0 unspecified atom stereocenters. The first kappa shape index (κ1) is 23.0. The molecule has 3 atom stereocenters. The van der Waals surface area contributed by atoms with E-state index >= 15 is 0 Å². The van der Waals surface area contributed by atoms with Gasteiger partial charge in [0.2, 0.25) is 11.8 Å². The number of ketones is 1. The summed E-state index contributed by atoms with van der Waals surface area (Å²) in [5, 5.41) is 15.4. The normalized spacial score (nSPS) is 21.2. The quantitative estimate of drug-likeness (QED) is 0.571. The first-order valence-electron chi connectivity index (χ1n) is 11.9. The van der Waals surface area contributed by atoms with E-state index in [1.54, 1.807) is 7.11 Å². The number of hydrogen-bond donors (Lipinski definition) is 2. The lowest BCUT2D eigenvalue weighted by Crippen LogP contribution is -2.43. The van der Waals surface area contributed by atoms with Gasteiger partial charge in [0, 0.05) is 36.4 Å². The fourth-order valence-electron chi connectivity index (χ4n) is 4.84. The molecule has 2 N–H and O–H groups in total. The Morgan fingerprint density at radius 3 is 2.79 bits per heavy atom. The number of carbonyl (C=O) groups excluding carboxylic acids is 3. The number of nitrogens with one attached hydrogen (secondary N) is 2. The van der Waals surface area contributed by atoms with Crippen LogP contribution in [-0.2, 0) is 20.8 Å². The molecule has 7 nitrogen and oxygen atoms in total. The van der Waals surface area contributed by atoms with Gasteiger partial charge in [-0.3, -0.25) is 14.4 Å². The van der Waals surface area contributed by atoms with Crippen molar-refractivity contribution in [3.63, 3.8) is 0 Å². The molecule has 33 heavy (non-hydrogen) atoms. The molecule has 0 spiro atoms. The van der Waals surface area contributed by atoms with Crippen LogP contribution in [0.4, 0.5) is 0 Å². The molecular formula is C26H31N3O4. The van der Waals surface area contributed by atoms with Gasteiger partial charge in [-0.05, 0) is 49.3 Å². The van der Waals surface area contributed by atoms with Crippen molar-refractivity contribution in [3.05, 3.63) is 34.9 Å². The molecule has 0 aromatic heterocycles. The highest BCUT2D eigenvalue weighted by Crippen LogP contribution is 2.35. The lowest BCUT2D eigenvalue weighted by Gasteiger charge is -2.24. The van der Waals surface area contributed by atoms with E-state index in [1.807, 2.05) is 24.3 Å². The zero-order chi connectivity index (χ0) is 23.4. The summed E-state index contributed by atoms with van der Waals surface area (Å²) in [5.41, 5.74) is 2.55. The summed E-state index contributed by atoms with van der Waals surface area (Å²) >= 11 is 0. The van der Waals surface area contributed by atoms with E-state index in [0.717, 1.165) is 42.6 Å².